The van der Waals surface area contributed by atoms with E-state index < -0.39 is 6.10 Å². The highest BCUT2D eigenvalue weighted by Gasteiger charge is 2.23. The molecule has 6 nitrogen and oxygen atoms in total. The van der Waals surface area contributed by atoms with Crippen molar-refractivity contribution >= 4 is 0 Å². The number of hydrogen-bond acceptors (Lipinski definition) is 6. The molecule has 1 unspecified atom stereocenters. The van der Waals surface area contributed by atoms with Crippen LogP contribution in [0.25, 0.3) is 11.1 Å². The molecule has 0 bridgehead atoms. The third-order valence-corrected chi connectivity index (χ3v) is 6.52. The molecule has 174 valence electrons. The summed E-state index contributed by atoms with van der Waals surface area (Å²) < 4.78 is 25.1. The van der Waals surface area contributed by atoms with E-state index in [0.717, 1.165) is 37.7 Å². The highest BCUT2D eigenvalue weighted by atomic mass is 19.1. The summed E-state index contributed by atoms with van der Waals surface area (Å²) in [6.07, 6.45) is 6.54. The number of β-amino-alcohol motifs (C(OH)–C–C–N with tert-alkyl or cyclic N) is 1. The average molecular weight is 444 g/mol. The van der Waals surface area contributed by atoms with Gasteiger partial charge in [-0.15, -0.1) is 0 Å². The van der Waals surface area contributed by atoms with Gasteiger partial charge >= 0.3 is 0 Å². The second-order valence-electron chi connectivity index (χ2n) is 8.98. The first-order valence-electron chi connectivity index (χ1n) is 11.7. The highest BCUT2D eigenvalue weighted by molar-refractivity contribution is 5.65. The Kier molecular flexibility index (Phi) is 7.95. The number of benzene rings is 1. The van der Waals surface area contributed by atoms with Gasteiger partial charge in [0.2, 0.25) is 5.88 Å². The summed E-state index contributed by atoms with van der Waals surface area (Å²) in [6, 6.07) is 8.11. The fourth-order valence-corrected chi connectivity index (χ4v) is 4.77. The molecule has 1 aliphatic heterocycles. The molecule has 2 fully saturated rings. The average Bonchev–Trinajstić information content (AvgIpc) is 3.32. The number of aromatic nitrogens is 1. The lowest BCUT2D eigenvalue weighted by molar-refractivity contribution is 0.0431. The Morgan fingerprint density at radius 2 is 1.81 bits per heavy atom. The van der Waals surface area contributed by atoms with E-state index in [-0.39, 0.29) is 12.4 Å². The number of hydrogen-bond donors (Lipinski definition) is 1. The predicted octanol–water partition coefficient (Wildman–Crippen LogP) is 3.44. The van der Waals surface area contributed by atoms with Crippen LogP contribution in [0.3, 0.4) is 0 Å². The highest BCUT2D eigenvalue weighted by Crippen LogP contribution is 2.28. The number of halogens is 1. The van der Waals surface area contributed by atoms with E-state index in [1.54, 1.807) is 31.5 Å². The lowest BCUT2D eigenvalue weighted by Crippen LogP contribution is -2.50. The van der Waals surface area contributed by atoms with Crippen LogP contribution in [0.5, 0.6) is 11.6 Å². The molecule has 1 N–H and O–H groups in total. The van der Waals surface area contributed by atoms with E-state index in [1.165, 1.54) is 44.4 Å². The smallest absolute Gasteiger partial charge is 0.213 e. The van der Waals surface area contributed by atoms with Gasteiger partial charge in [-0.1, -0.05) is 12.8 Å². The van der Waals surface area contributed by atoms with Gasteiger partial charge in [-0.25, -0.2) is 9.37 Å². The number of ether oxygens (including phenoxy) is 2. The Balaban J connectivity index is 1.25. The molecule has 0 amide bonds. The molecular weight excluding hydrogens is 409 g/mol. The summed E-state index contributed by atoms with van der Waals surface area (Å²) in [4.78, 5) is 8.94. The molecule has 1 aromatic heterocycles. The van der Waals surface area contributed by atoms with Crippen LogP contribution in [0.1, 0.15) is 25.7 Å². The second kappa shape index (κ2) is 11.1. The number of aliphatic hydroxyl groups excluding tert-OH is 1. The van der Waals surface area contributed by atoms with Gasteiger partial charge in [-0.05, 0) is 48.1 Å². The van der Waals surface area contributed by atoms with Crippen LogP contribution in [-0.2, 0) is 0 Å². The Morgan fingerprint density at radius 1 is 1.06 bits per heavy atom. The second-order valence-corrected chi connectivity index (χ2v) is 8.98. The fourth-order valence-electron chi connectivity index (χ4n) is 4.77. The van der Waals surface area contributed by atoms with Gasteiger partial charge in [-0.2, -0.15) is 0 Å². The van der Waals surface area contributed by atoms with Gasteiger partial charge in [0.25, 0.3) is 0 Å². The van der Waals surface area contributed by atoms with Gasteiger partial charge in [-0.3, -0.25) is 4.90 Å². The van der Waals surface area contributed by atoms with Gasteiger partial charge in [0, 0.05) is 57.6 Å². The third kappa shape index (κ3) is 6.40. The summed E-state index contributed by atoms with van der Waals surface area (Å²) in [6.45, 7) is 5.99. The molecule has 4 rings (SSSR count). The number of aliphatic hydroxyl groups is 1. The van der Waals surface area contributed by atoms with Gasteiger partial charge < -0.3 is 19.5 Å². The van der Waals surface area contributed by atoms with Crippen molar-refractivity contribution in [2.45, 2.75) is 31.8 Å². The first kappa shape index (κ1) is 23.0. The van der Waals surface area contributed by atoms with Crippen molar-refractivity contribution in [3.8, 4) is 22.8 Å². The Morgan fingerprint density at radius 3 is 2.56 bits per heavy atom. The van der Waals surface area contributed by atoms with Crippen molar-refractivity contribution in [3.63, 3.8) is 0 Å². The van der Waals surface area contributed by atoms with Crippen molar-refractivity contribution in [2.75, 3.05) is 53.0 Å². The standard InChI is InChI=1S/C25H34FN3O3/c1-31-25-14-20(6-7-27-25)21-12-22(26)15-24(13-21)32-18-23(30)17-29-10-8-28(9-11-29)16-19-4-2-3-5-19/h6-7,12-15,19,23,30H,2-5,8-11,16-18H2,1H3. The van der Waals surface area contributed by atoms with Crippen molar-refractivity contribution in [3.05, 3.63) is 42.3 Å². The number of methoxy groups -OCH3 is 1. The summed E-state index contributed by atoms with van der Waals surface area (Å²) in [5.41, 5.74) is 1.46. The van der Waals surface area contributed by atoms with Crippen molar-refractivity contribution in [1.82, 2.24) is 14.8 Å². The molecule has 1 atom stereocenters. The van der Waals surface area contributed by atoms with E-state index in [9.17, 15) is 9.50 Å². The van der Waals surface area contributed by atoms with Crippen molar-refractivity contribution in [1.29, 1.82) is 0 Å². The number of pyridine rings is 1. The van der Waals surface area contributed by atoms with Crippen LogP contribution in [0.15, 0.2) is 36.5 Å². The maximum atomic E-state index is 14.2. The van der Waals surface area contributed by atoms with Gasteiger partial charge in [0.15, 0.2) is 0 Å². The molecule has 32 heavy (non-hydrogen) atoms. The zero-order valence-corrected chi connectivity index (χ0v) is 18.9. The minimum absolute atomic E-state index is 0.130. The van der Waals surface area contributed by atoms with Crippen LogP contribution in [0.2, 0.25) is 0 Å². The molecule has 1 saturated heterocycles. The number of rotatable bonds is 9. The van der Waals surface area contributed by atoms with Gasteiger partial charge in [0.1, 0.15) is 24.3 Å². The molecule has 0 radical (unpaired) electrons. The minimum Gasteiger partial charge on any atom is -0.491 e. The van der Waals surface area contributed by atoms with Crippen molar-refractivity contribution < 1.29 is 19.0 Å². The molecule has 2 aromatic rings. The van der Waals surface area contributed by atoms with E-state index in [2.05, 4.69) is 14.8 Å². The number of nitrogens with zero attached hydrogens (tertiary/aromatic N) is 3. The topological polar surface area (TPSA) is 58.1 Å². The van der Waals surface area contributed by atoms with Gasteiger partial charge in [0.05, 0.1) is 7.11 Å². The lowest BCUT2D eigenvalue weighted by atomic mass is 10.1. The normalized spacial score (nSPS) is 19.2. The molecule has 0 spiro atoms. The maximum Gasteiger partial charge on any atom is 0.213 e. The largest absolute Gasteiger partial charge is 0.491 e. The Labute approximate surface area is 190 Å². The first-order chi connectivity index (χ1) is 15.6. The van der Waals surface area contributed by atoms with Crippen LogP contribution >= 0.6 is 0 Å². The van der Waals surface area contributed by atoms with Crippen LogP contribution in [-0.4, -0.2) is 79.0 Å². The molecule has 1 aliphatic carbocycles. The van der Waals surface area contributed by atoms with Crippen LogP contribution < -0.4 is 9.47 Å². The quantitative estimate of drug-likeness (QED) is 0.641. The van der Waals surface area contributed by atoms with Crippen molar-refractivity contribution in [2.24, 2.45) is 5.92 Å². The zero-order chi connectivity index (χ0) is 22.3. The zero-order valence-electron chi connectivity index (χ0n) is 18.9. The molecular formula is C25H34FN3O3. The molecule has 7 heteroatoms. The molecule has 2 heterocycles. The fraction of sp³-hybridized carbons (Fsp3) is 0.560. The molecule has 1 saturated carbocycles. The van der Waals surface area contributed by atoms with E-state index in [4.69, 9.17) is 9.47 Å². The van der Waals surface area contributed by atoms with Crippen LogP contribution in [0, 0.1) is 11.7 Å². The van der Waals surface area contributed by atoms with Crippen LogP contribution in [0.4, 0.5) is 4.39 Å². The first-order valence-corrected chi connectivity index (χ1v) is 11.7. The van der Waals surface area contributed by atoms with E-state index >= 15 is 0 Å². The summed E-state index contributed by atoms with van der Waals surface area (Å²) >= 11 is 0. The maximum absolute atomic E-state index is 14.2. The molecule has 2 aliphatic rings. The SMILES string of the molecule is COc1cc(-c2cc(F)cc(OCC(O)CN3CCN(CC4CCCC4)CC3)c2)ccn1. The molecule has 1 aromatic carbocycles. The lowest BCUT2D eigenvalue weighted by Gasteiger charge is -2.36. The van der Waals surface area contributed by atoms with E-state index in [1.807, 2.05) is 0 Å². The monoisotopic (exact) mass is 443 g/mol. The summed E-state index contributed by atoms with van der Waals surface area (Å²) in [7, 11) is 1.54. The Hall–Kier alpha value is -2.22. The van der Waals surface area contributed by atoms with E-state index in [0.29, 0.717) is 23.7 Å². The third-order valence-electron chi connectivity index (χ3n) is 6.52. The predicted molar refractivity (Wildman–Crippen MR) is 123 cm³/mol. The summed E-state index contributed by atoms with van der Waals surface area (Å²) in [5, 5.41) is 10.5. The number of piperazine rings is 1. The minimum atomic E-state index is -0.621. The summed E-state index contributed by atoms with van der Waals surface area (Å²) in [5.74, 6) is 1.36. The Bertz CT molecular complexity index is 867.